The molecule has 2 aromatic carbocycles. The second kappa shape index (κ2) is 9.35. The predicted molar refractivity (Wildman–Crippen MR) is 113 cm³/mol. The number of hydrogen-bond acceptors (Lipinski definition) is 3. The number of ether oxygens (including phenoxy) is 3. The van der Waals surface area contributed by atoms with Crippen LogP contribution >= 0.6 is 0 Å². The molecule has 2 atom stereocenters. The summed E-state index contributed by atoms with van der Waals surface area (Å²) in [6, 6.07) is 4.79. The van der Waals surface area contributed by atoms with E-state index in [4.69, 9.17) is 14.2 Å². The van der Waals surface area contributed by atoms with Crippen molar-refractivity contribution in [3.8, 4) is 17.2 Å². The second-order valence-corrected chi connectivity index (χ2v) is 8.10. The average molecular weight is 432 g/mol. The number of hydrogen-bond donors (Lipinski definition) is 0. The minimum absolute atomic E-state index is 0.0287. The largest absolute Gasteiger partial charge is 0.491 e. The van der Waals surface area contributed by atoms with E-state index in [0.717, 1.165) is 25.7 Å². The molecule has 2 aromatic rings. The first kappa shape index (κ1) is 21.8. The second-order valence-electron chi connectivity index (χ2n) is 8.10. The highest BCUT2D eigenvalue weighted by molar-refractivity contribution is 5.60. The van der Waals surface area contributed by atoms with E-state index in [0.29, 0.717) is 23.8 Å². The Kier molecular flexibility index (Phi) is 6.56. The Labute approximate surface area is 180 Å². The highest BCUT2D eigenvalue weighted by Crippen LogP contribution is 2.43. The van der Waals surface area contributed by atoms with Crippen molar-refractivity contribution in [2.45, 2.75) is 52.1 Å². The van der Waals surface area contributed by atoms with Crippen LogP contribution in [0.2, 0.25) is 0 Å². The van der Waals surface area contributed by atoms with Gasteiger partial charge in [0, 0.05) is 29.0 Å². The van der Waals surface area contributed by atoms with Crippen LogP contribution in [0.1, 0.15) is 56.2 Å². The first-order chi connectivity index (χ1) is 15.0. The van der Waals surface area contributed by atoms with Crippen LogP contribution in [0.15, 0.2) is 24.3 Å². The van der Waals surface area contributed by atoms with Crippen molar-refractivity contribution in [1.29, 1.82) is 0 Å². The van der Waals surface area contributed by atoms with Gasteiger partial charge in [0.05, 0.1) is 19.3 Å². The van der Waals surface area contributed by atoms with E-state index < -0.39 is 17.5 Å². The van der Waals surface area contributed by atoms with Crippen molar-refractivity contribution in [1.82, 2.24) is 0 Å². The van der Waals surface area contributed by atoms with Crippen LogP contribution in [-0.4, -0.2) is 19.3 Å². The first-order valence-corrected chi connectivity index (χ1v) is 10.9. The molecule has 4 rings (SSSR count). The van der Waals surface area contributed by atoms with Gasteiger partial charge in [-0.1, -0.05) is 31.6 Å². The molecule has 166 valence electrons. The maximum Gasteiger partial charge on any atom is 0.207 e. The average Bonchev–Trinajstić information content (AvgIpc) is 2.78. The normalized spacial score (nSPS) is 20.3. The fourth-order valence-electron chi connectivity index (χ4n) is 4.22. The van der Waals surface area contributed by atoms with E-state index in [2.05, 4.69) is 6.92 Å². The number of halogens is 3. The Balaban J connectivity index is 1.55. The number of rotatable bonds is 6. The summed E-state index contributed by atoms with van der Waals surface area (Å²) in [7, 11) is 0. The Hall–Kier alpha value is -2.47. The summed E-state index contributed by atoms with van der Waals surface area (Å²) in [5.41, 5.74) is 1.21. The summed E-state index contributed by atoms with van der Waals surface area (Å²) in [5, 5.41) is 0. The molecule has 0 saturated carbocycles. The zero-order valence-electron chi connectivity index (χ0n) is 17.8. The summed E-state index contributed by atoms with van der Waals surface area (Å²) in [4.78, 5) is 0. The van der Waals surface area contributed by atoms with Crippen molar-refractivity contribution in [2.24, 2.45) is 5.92 Å². The molecule has 0 amide bonds. The summed E-state index contributed by atoms with van der Waals surface area (Å²) in [6.07, 6.45) is 8.13. The van der Waals surface area contributed by atoms with Crippen molar-refractivity contribution in [3.05, 3.63) is 58.4 Å². The van der Waals surface area contributed by atoms with Gasteiger partial charge in [0.2, 0.25) is 11.6 Å². The van der Waals surface area contributed by atoms with Crippen molar-refractivity contribution in [3.63, 3.8) is 0 Å². The summed E-state index contributed by atoms with van der Waals surface area (Å²) in [5.74, 6) is -2.98. The maximum absolute atomic E-state index is 14.8. The lowest BCUT2D eigenvalue weighted by Gasteiger charge is -2.27. The molecule has 31 heavy (non-hydrogen) atoms. The third-order valence-corrected chi connectivity index (χ3v) is 5.86. The Morgan fingerprint density at radius 3 is 2.55 bits per heavy atom. The fourth-order valence-corrected chi connectivity index (χ4v) is 4.22. The highest BCUT2D eigenvalue weighted by Gasteiger charge is 2.28. The van der Waals surface area contributed by atoms with Gasteiger partial charge in [0.25, 0.3) is 0 Å². The molecule has 1 saturated heterocycles. The fraction of sp³-hybridized carbons (Fsp3) is 0.440. The molecule has 2 aliphatic rings. The maximum atomic E-state index is 14.8. The zero-order valence-corrected chi connectivity index (χ0v) is 17.8. The van der Waals surface area contributed by atoms with Gasteiger partial charge in [-0.3, -0.25) is 0 Å². The molecule has 6 heteroatoms. The molecule has 2 aliphatic heterocycles. The molecule has 1 fully saturated rings. The van der Waals surface area contributed by atoms with Crippen LogP contribution in [0.4, 0.5) is 13.2 Å². The monoisotopic (exact) mass is 432 g/mol. The van der Waals surface area contributed by atoms with Gasteiger partial charge in [-0.05, 0) is 38.3 Å². The van der Waals surface area contributed by atoms with Gasteiger partial charge < -0.3 is 14.2 Å². The van der Waals surface area contributed by atoms with E-state index in [1.165, 1.54) is 6.07 Å². The lowest BCUT2D eigenvalue weighted by Crippen LogP contribution is -2.24. The minimum atomic E-state index is -1.10. The predicted octanol–water partition coefficient (Wildman–Crippen LogP) is 6.81. The summed E-state index contributed by atoms with van der Waals surface area (Å²) in [6.45, 7) is 4.75. The number of benzene rings is 2. The van der Waals surface area contributed by atoms with Crippen molar-refractivity contribution >= 4 is 6.08 Å². The Bertz CT molecular complexity index is 979. The molecule has 0 spiro atoms. The molecule has 3 nitrogen and oxygen atoms in total. The molecule has 2 heterocycles. The van der Waals surface area contributed by atoms with Gasteiger partial charge in [-0.25, -0.2) is 4.39 Å². The molecule has 0 aliphatic carbocycles. The minimum Gasteiger partial charge on any atom is -0.491 e. The summed E-state index contributed by atoms with van der Waals surface area (Å²) < 4.78 is 60.8. The smallest absolute Gasteiger partial charge is 0.207 e. The molecule has 0 aromatic heterocycles. The van der Waals surface area contributed by atoms with E-state index in [9.17, 15) is 13.2 Å². The van der Waals surface area contributed by atoms with Gasteiger partial charge in [0.15, 0.2) is 23.1 Å². The van der Waals surface area contributed by atoms with E-state index >= 15 is 0 Å². The van der Waals surface area contributed by atoms with Crippen molar-refractivity contribution < 1.29 is 27.4 Å². The Morgan fingerprint density at radius 1 is 1.03 bits per heavy atom. The highest BCUT2D eigenvalue weighted by atomic mass is 19.2. The van der Waals surface area contributed by atoms with Gasteiger partial charge in [-0.2, -0.15) is 8.78 Å². The summed E-state index contributed by atoms with van der Waals surface area (Å²) >= 11 is 0. The van der Waals surface area contributed by atoms with E-state index in [1.54, 1.807) is 25.1 Å². The van der Waals surface area contributed by atoms with Gasteiger partial charge in [0.1, 0.15) is 0 Å². The lowest BCUT2D eigenvalue weighted by atomic mass is 9.94. The van der Waals surface area contributed by atoms with E-state index in [-0.39, 0.29) is 41.8 Å². The third kappa shape index (κ3) is 4.45. The lowest BCUT2D eigenvalue weighted by molar-refractivity contribution is -0.00823. The van der Waals surface area contributed by atoms with Gasteiger partial charge >= 0.3 is 0 Å². The topological polar surface area (TPSA) is 27.7 Å². The van der Waals surface area contributed by atoms with Gasteiger partial charge in [-0.15, -0.1) is 0 Å². The standard InChI is InChI=1S/C25H27F3O3/c1-3-5-19-10-7-15(14-30-19)6-8-16-12-18-13-17-9-11-20(29-4-2)22(27)24(17)31-25(18)23(28)21(16)26/h6,8-9,11-12,15,19H,3-5,7,10,13-14H2,1-2H3/b8-6+. The van der Waals surface area contributed by atoms with Crippen LogP contribution in [-0.2, 0) is 11.2 Å². The van der Waals surface area contributed by atoms with Crippen LogP contribution in [0.3, 0.4) is 0 Å². The SMILES string of the molecule is CCCC1CCC(/C=C/c2cc3c(c(F)c2F)Oc2c(ccc(OCC)c2F)C3)CO1. The van der Waals surface area contributed by atoms with Crippen LogP contribution in [0, 0.1) is 23.4 Å². The number of fused-ring (bicyclic) bond motifs is 2. The zero-order chi connectivity index (χ0) is 22.0. The van der Waals surface area contributed by atoms with Crippen molar-refractivity contribution in [2.75, 3.05) is 13.2 Å². The Morgan fingerprint density at radius 2 is 1.84 bits per heavy atom. The molecule has 0 radical (unpaired) electrons. The molecule has 0 N–H and O–H groups in total. The molecular weight excluding hydrogens is 405 g/mol. The molecular formula is C25H27F3O3. The van der Waals surface area contributed by atoms with Crippen LogP contribution < -0.4 is 9.47 Å². The first-order valence-electron chi connectivity index (χ1n) is 10.9. The third-order valence-electron chi connectivity index (χ3n) is 5.86. The van der Waals surface area contributed by atoms with Crippen LogP contribution in [0.5, 0.6) is 17.2 Å². The van der Waals surface area contributed by atoms with Crippen LogP contribution in [0.25, 0.3) is 6.08 Å². The quantitative estimate of drug-likeness (QED) is 0.428. The molecule has 2 unspecified atom stereocenters. The van der Waals surface area contributed by atoms with E-state index in [1.807, 2.05) is 6.08 Å². The molecule has 0 bridgehead atoms.